The van der Waals surface area contributed by atoms with Crippen molar-refractivity contribution in [3.63, 3.8) is 0 Å². The van der Waals surface area contributed by atoms with Gasteiger partial charge in [0.2, 0.25) is 12.1 Å². The molecule has 0 bridgehead atoms. The lowest BCUT2D eigenvalue weighted by molar-refractivity contribution is -0.0651. The molecular formula is C8H7N3O3. The van der Waals surface area contributed by atoms with Crippen LogP contribution in [0.2, 0.25) is 0 Å². The van der Waals surface area contributed by atoms with Gasteiger partial charge in [0.25, 0.3) is 5.89 Å². The molecule has 0 radical (unpaired) electrons. The second-order valence-corrected chi connectivity index (χ2v) is 2.57. The summed E-state index contributed by atoms with van der Waals surface area (Å²) in [7, 11) is 0. The summed E-state index contributed by atoms with van der Waals surface area (Å²) in [6.45, 7) is 0. The number of nitrogens with zero attached hydrogens (tertiary/aromatic N) is 3. The predicted molar refractivity (Wildman–Crippen MR) is 44.7 cm³/mol. The Bertz CT molecular complexity index is 413. The molecule has 0 fully saturated rings. The number of aromatic nitrogens is 3. The summed E-state index contributed by atoms with van der Waals surface area (Å²) in [5, 5.41) is 21.0. The highest BCUT2D eigenvalue weighted by molar-refractivity contribution is 5.51. The van der Waals surface area contributed by atoms with Crippen molar-refractivity contribution in [3.05, 3.63) is 30.4 Å². The molecule has 0 aliphatic carbocycles. The van der Waals surface area contributed by atoms with Crippen molar-refractivity contribution in [1.29, 1.82) is 0 Å². The van der Waals surface area contributed by atoms with Crippen LogP contribution in [0, 0.1) is 0 Å². The third kappa shape index (κ3) is 1.61. The van der Waals surface area contributed by atoms with E-state index in [0.29, 0.717) is 5.56 Å². The van der Waals surface area contributed by atoms with Crippen LogP contribution in [0.15, 0.2) is 29.0 Å². The quantitative estimate of drug-likeness (QED) is 0.658. The minimum atomic E-state index is -1.74. The molecule has 2 heterocycles. The summed E-state index contributed by atoms with van der Waals surface area (Å²) in [6, 6.07) is 3.46. The Morgan fingerprint density at radius 1 is 1.36 bits per heavy atom. The van der Waals surface area contributed by atoms with E-state index in [1.165, 1.54) is 0 Å². The highest BCUT2D eigenvalue weighted by Crippen LogP contribution is 2.15. The third-order valence-electron chi connectivity index (χ3n) is 1.58. The van der Waals surface area contributed by atoms with E-state index in [-0.39, 0.29) is 11.7 Å². The topological polar surface area (TPSA) is 92.3 Å². The highest BCUT2D eigenvalue weighted by atomic mass is 16.5. The maximum absolute atomic E-state index is 8.73. The van der Waals surface area contributed by atoms with Crippen molar-refractivity contribution in [2.45, 2.75) is 6.29 Å². The van der Waals surface area contributed by atoms with Crippen LogP contribution >= 0.6 is 0 Å². The fraction of sp³-hybridized carbons (Fsp3) is 0.125. The van der Waals surface area contributed by atoms with Crippen LogP contribution in [0.5, 0.6) is 0 Å². The summed E-state index contributed by atoms with van der Waals surface area (Å²) in [6.07, 6.45) is 1.43. The molecule has 0 spiro atoms. The van der Waals surface area contributed by atoms with Gasteiger partial charge in [0.15, 0.2) is 0 Å². The monoisotopic (exact) mass is 193 g/mol. The fourth-order valence-electron chi connectivity index (χ4n) is 0.952. The molecule has 0 saturated heterocycles. The largest absolute Gasteiger partial charge is 0.361 e. The molecule has 0 unspecified atom stereocenters. The van der Waals surface area contributed by atoms with Gasteiger partial charge in [-0.3, -0.25) is 4.98 Å². The lowest BCUT2D eigenvalue weighted by Crippen LogP contribution is -1.94. The van der Waals surface area contributed by atoms with Gasteiger partial charge in [0.1, 0.15) is 0 Å². The van der Waals surface area contributed by atoms with Crippen LogP contribution in [0.4, 0.5) is 0 Å². The normalized spacial score (nSPS) is 10.8. The fourth-order valence-corrected chi connectivity index (χ4v) is 0.952. The maximum Gasteiger partial charge on any atom is 0.283 e. The van der Waals surface area contributed by atoms with Crippen molar-refractivity contribution >= 4 is 0 Å². The van der Waals surface area contributed by atoms with E-state index in [0.717, 1.165) is 0 Å². The molecule has 6 heteroatoms. The van der Waals surface area contributed by atoms with Gasteiger partial charge in [-0.2, -0.15) is 4.98 Å². The molecule has 6 nitrogen and oxygen atoms in total. The molecule has 2 N–H and O–H groups in total. The molecule has 0 atom stereocenters. The first kappa shape index (κ1) is 8.79. The van der Waals surface area contributed by atoms with Crippen molar-refractivity contribution in [2.24, 2.45) is 0 Å². The van der Waals surface area contributed by atoms with Gasteiger partial charge >= 0.3 is 0 Å². The van der Waals surface area contributed by atoms with E-state index in [9.17, 15) is 0 Å². The van der Waals surface area contributed by atoms with Gasteiger partial charge in [0, 0.05) is 18.0 Å². The van der Waals surface area contributed by atoms with Crippen molar-refractivity contribution in [1.82, 2.24) is 15.1 Å². The molecule has 0 saturated carbocycles. The van der Waals surface area contributed by atoms with Crippen LogP contribution in [0.3, 0.4) is 0 Å². The zero-order valence-electron chi connectivity index (χ0n) is 7.03. The number of aliphatic hydroxyl groups excluding tert-OH is 1. The number of hydrogen-bond donors (Lipinski definition) is 2. The molecular weight excluding hydrogens is 186 g/mol. The standard InChI is InChI=1S/C8H7N3O3/c12-8(13)7-10-6(11-14-7)5-2-1-3-9-4-5/h1-4,8,12-13H. The summed E-state index contributed by atoms with van der Waals surface area (Å²) < 4.78 is 4.59. The molecule has 0 amide bonds. The van der Waals surface area contributed by atoms with Gasteiger partial charge in [-0.25, -0.2) is 0 Å². The average molecular weight is 193 g/mol. The molecule has 0 aliphatic rings. The van der Waals surface area contributed by atoms with Crippen LogP contribution in [-0.2, 0) is 0 Å². The van der Waals surface area contributed by atoms with Crippen molar-refractivity contribution in [2.75, 3.05) is 0 Å². The first-order chi connectivity index (χ1) is 6.77. The number of aliphatic hydroxyl groups is 2. The Balaban J connectivity index is 2.34. The van der Waals surface area contributed by atoms with E-state index in [4.69, 9.17) is 10.2 Å². The van der Waals surface area contributed by atoms with Gasteiger partial charge < -0.3 is 14.7 Å². The second kappa shape index (κ2) is 3.52. The lowest BCUT2D eigenvalue weighted by Gasteiger charge is -1.92. The Kier molecular flexibility index (Phi) is 2.21. The van der Waals surface area contributed by atoms with E-state index < -0.39 is 6.29 Å². The van der Waals surface area contributed by atoms with Gasteiger partial charge in [-0.1, -0.05) is 5.16 Å². The summed E-state index contributed by atoms with van der Waals surface area (Å²) >= 11 is 0. The Morgan fingerprint density at radius 2 is 2.21 bits per heavy atom. The van der Waals surface area contributed by atoms with E-state index in [1.807, 2.05) is 0 Å². The minimum absolute atomic E-state index is 0.233. The zero-order chi connectivity index (χ0) is 9.97. The summed E-state index contributed by atoms with van der Waals surface area (Å²) in [4.78, 5) is 7.63. The average Bonchev–Trinajstić information content (AvgIpc) is 2.68. The zero-order valence-corrected chi connectivity index (χ0v) is 7.03. The first-order valence-corrected chi connectivity index (χ1v) is 3.87. The first-order valence-electron chi connectivity index (χ1n) is 3.87. The molecule has 14 heavy (non-hydrogen) atoms. The molecule has 2 aromatic rings. The van der Waals surface area contributed by atoms with Crippen LogP contribution in [0.25, 0.3) is 11.4 Å². The van der Waals surface area contributed by atoms with Gasteiger partial charge in [0.05, 0.1) is 0 Å². The van der Waals surface area contributed by atoms with Crippen LogP contribution in [0.1, 0.15) is 12.2 Å². The van der Waals surface area contributed by atoms with Crippen molar-refractivity contribution < 1.29 is 14.7 Å². The Labute approximate surface area is 78.8 Å². The van der Waals surface area contributed by atoms with E-state index in [1.54, 1.807) is 24.5 Å². The van der Waals surface area contributed by atoms with E-state index >= 15 is 0 Å². The summed E-state index contributed by atoms with van der Waals surface area (Å²) in [5.41, 5.74) is 0.656. The van der Waals surface area contributed by atoms with Crippen molar-refractivity contribution in [3.8, 4) is 11.4 Å². The summed E-state index contributed by atoms with van der Waals surface area (Å²) in [5.74, 6) is 0.0463. The SMILES string of the molecule is OC(O)c1nc(-c2cccnc2)no1. The Morgan fingerprint density at radius 3 is 2.79 bits per heavy atom. The van der Waals surface area contributed by atoms with Crippen LogP contribution < -0.4 is 0 Å². The second-order valence-electron chi connectivity index (χ2n) is 2.57. The molecule has 0 aliphatic heterocycles. The molecule has 0 aromatic carbocycles. The predicted octanol–water partition coefficient (Wildman–Crippen LogP) is 0.115. The van der Waals surface area contributed by atoms with E-state index in [2.05, 4.69) is 19.6 Å². The maximum atomic E-state index is 8.73. The number of hydrogen-bond acceptors (Lipinski definition) is 6. The highest BCUT2D eigenvalue weighted by Gasteiger charge is 2.13. The molecule has 2 rings (SSSR count). The number of rotatable bonds is 2. The van der Waals surface area contributed by atoms with Gasteiger partial charge in [-0.05, 0) is 12.1 Å². The lowest BCUT2D eigenvalue weighted by atomic mass is 10.3. The number of pyridine rings is 1. The third-order valence-corrected chi connectivity index (χ3v) is 1.58. The smallest absolute Gasteiger partial charge is 0.283 e. The molecule has 72 valence electrons. The minimum Gasteiger partial charge on any atom is -0.361 e. The molecule has 2 aromatic heterocycles. The Hall–Kier alpha value is -1.79. The van der Waals surface area contributed by atoms with Crippen LogP contribution in [-0.4, -0.2) is 25.3 Å². The van der Waals surface area contributed by atoms with Gasteiger partial charge in [-0.15, -0.1) is 0 Å².